The summed E-state index contributed by atoms with van der Waals surface area (Å²) in [6.45, 7) is 2.94. The number of ether oxygens (including phenoxy) is 1. The molecule has 120 valence electrons. The van der Waals surface area contributed by atoms with Crippen LogP contribution in [0.15, 0.2) is 53.4 Å². The normalized spacial score (nSPS) is 21.9. The van der Waals surface area contributed by atoms with Gasteiger partial charge in [-0.3, -0.25) is 0 Å². The molecule has 1 saturated heterocycles. The first-order valence-electron chi connectivity index (χ1n) is 8.22. The summed E-state index contributed by atoms with van der Waals surface area (Å²) in [5.74, 6) is 1.91. The van der Waals surface area contributed by atoms with E-state index in [0.29, 0.717) is 5.25 Å². The SMILES string of the molecule is OC1CCN(CC2Sc3ccccc3Oc3ccccc32)CC1. The molecular formula is C19H21NO2S. The molecule has 0 radical (unpaired) electrons. The fourth-order valence-electron chi connectivity index (χ4n) is 3.28. The molecule has 2 aliphatic rings. The average Bonchev–Trinajstić information content (AvgIpc) is 2.73. The molecule has 4 rings (SSSR count). The molecule has 2 heterocycles. The van der Waals surface area contributed by atoms with Gasteiger partial charge in [0.15, 0.2) is 0 Å². The standard InChI is InChI=1S/C19H21NO2S/c21-14-9-11-20(12-10-14)13-19-15-5-1-2-6-16(15)22-17-7-3-4-8-18(17)23-19/h1-8,14,19,21H,9-13H2. The molecule has 1 unspecified atom stereocenters. The number of thioether (sulfide) groups is 1. The van der Waals surface area contributed by atoms with Gasteiger partial charge in [-0.1, -0.05) is 30.3 Å². The predicted molar refractivity (Wildman–Crippen MR) is 93.2 cm³/mol. The van der Waals surface area contributed by atoms with E-state index in [9.17, 15) is 5.11 Å². The number of fused-ring (bicyclic) bond motifs is 2. The topological polar surface area (TPSA) is 32.7 Å². The molecule has 3 nitrogen and oxygen atoms in total. The number of hydrogen-bond acceptors (Lipinski definition) is 4. The molecule has 1 N–H and O–H groups in total. The zero-order valence-electron chi connectivity index (χ0n) is 13.0. The van der Waals surface area contributed by atoms with Crippen molar-refractivity contribution in [1.29, 1.82) is 0 Å². The second-order valence-corrected chi connectivity index (χ2v) is 7.47. The van der Waals surface area contributed by atoms with Crippen molar-refractivity contribution >= 4 is 11.8 Å². The van der Waals surface area contributed by atoms with Gasteiger partial charge in [0.1, 0.15) is 11.5 Å². The van der Waals surface area contributed by atoms with Gasteiger partial charge in [0, 0.05) is 25.2 Å². The third-order valence-electron chi connectivity index (χ3n) is 4.59. The molecule has 0 spiro atoms. The lowest BCUT2D eigenvalue weighted by molar-refractivity contribution is 0.0828. The van der Waals surface area contributed by atoms with Crippen molar-refractivity contribution in [2.24, 2.45) is 0 Å². The quantitative estimate of drug-likeness (QED) is 0.901. The Kier molecular flexibility index (Phi) is 4.29. The van der Waals surface area contributed by atoms with Gasteiger partial charge in [-0.15, -0.1) is 11.8 Å². The van der Waals surface area contributed by atoms with Gasteiger partial charge < -0.3 is 14.7 Å². The molecule has 23 heavy (non-hydrogen) atoms. The van der Waals surface area contributed by atoms with Crippen LogP contribution in [0.4, 0.5) is 0 Å². The summed E-state index contributed by atoms with van der Waals surface area (Å²) < 4.78 is 6.16. The van der Waals surface area contributed by atoms with Crippen LogP contribution in [0.2, 0.25) is 0 Å². The van der Waals surface area contributed by atoms with Crippen LogP contribution in [-0.4, -0.2) is 35.7 Å². The van der Waals surface area contributed by atoms with E-state index in [4.69, 9.17) is 4.74 Å². The van der Waals surface area contributed by atoms with E-state index >= 15 is 0 Å². The molecule has 1 fully saturated rings. The molecule has 2 aromatic carbocycles. The fraction of sp³-hybridized carbons (Fsp3) is 0.368. The van der Waals surface area contributed by atoms with Crippen LogP contribution >= 0.6 is 11.8 Å². The summed E-state index contributed by atoms with van der Waals surface area (Å²) in [6, 6.07) is 16.6. The summed E-state index contributed by atoms with van der Waals surface area (Å²) in [7, 11) is 0. The minimum absolute atomic E-state index is 0.121. The van der Waals surface area contributed by atoms with Gasteiger partial charge in [-0.2, -0.15) is 0 Å². The van der Waals surface area contributed by atoms with E-state index in [0.717, 1.165) is 44.0 Å². The Morgan fingerprint density at radius 3 is 2.52 bits per heavy atom. The number of hydrogen-bond donors (Lipinski definition) is 1. The van der Waals surface area contributed by atoms with Crippen LogP contribution < -0.4 is 4.74 Å². The monoisotopic (exact) mass is 327 g/mol. The van der Waals surface area contributed by atoms with E-state index in [1.165, 1.54) is 10.5 Å². The number of rotatable bonds is 2. The second kappa shape index (κ2) is 6.56. The minimum atomic E-state index is -0.121. The first-order chi connectivity index (χ1) is 11.3. The average molecular weight is 327 g/mol. The molecule has 2 aliphatic heterocycles. The summed E-state index contributed by atoms with van der Waals surface area (Å²) in [5, 5.41) is 10.1. The van der Waals surface area contributed by atoms with Crippen molar-refractivity contribution in [2.75, 3.05) is 19.6 Å². The first-order valence-corrected chi connectivity index (χ1v) is 9.10. The number of benzene rings is 2. The Morgan fingerprint density at radius 1 is 1.00 bits per heavy atom. The van der Waals surface area contributed by atoms with E-state index in [1.807, 2.05) is 30.0 Å². The fourth-order valence-corrected chi connectivity index (χ4v) is 4.58. The molecule has 1 atom stereocenters. The van der Waals surface area contributed by atoms with Crippen molar-refractivity contribution in [3.05, 3.63) is 54.1 Å². The Labute approximate surface area is 141 Å². The van der Waals surface area contributed by atoms with Crippen molar-refractivity contribution in [1.82, 2.24) is 4.90 Å². The molecule has 0 amide bonds. The maximum Gasteiger partial charge on any atom is 0.141 e. The molecule has 0 aromatic heterocycles. The van der Waals surface area contributed by atoms with Crippen molar-refractivity contribution in [3.8, 4) is 11.5 Å². The highest BCUT2D eigenvalue weighted by atomic mass is 32.2. The zero-order valence-corrected chi connectivity index (χ0v) is 13.8. The van der Waals surface area contributed by atoms with Gasteiger partial charge >= 0.3 is 0 Å². The number of nitrogens with zero attached hydrogens (tertiary/aromatic N) is 1. The third kappa shape index (κ3) is 3.25. The van der Waals surface area contributed by atoms with Crippen molar-refractivity contribution in [3.63, 3.8) is 0 Å². The first kappa shape index (κ1) is 15.1. The van der Waals surface area contributed by atoms with Crippen LogP contribution in [0.5, 0.6) is 11.5 Å². The Morgan fingerprint density at radius 2 is 1.70 bits per heavy atom. The van der Waals surface area contributed by atoms with Crippen molar-refractivity contribution < 1.29 is 9.84 Å². The Balaban J connectivity index is 1.62. The van der Waals surface area contributed by atoms with E-state index in [1.54, 1.807) is 0 Å². The number of para-hydroxylation sites is 2. The third-order valence-corrected chi connectivity index (χ3v) is 5.86. The van der Waals surface area contributed by atoms with Gasteiger partial charge in [-0.05, 0) is 31.0 Å². The molecule has 0 bridgehead atoms. The number of aliphatic hydroxyl groups is 1. The number of likely N-dealkylation sites (tertiary alicyclic amines) is 1. The summed E-state index contributed by atoms with van der Waals surface area (Å²) in [4.78, 5) is 3.67. The highest BCUT2D eigenvalue weighted by molar-refractivity contribution is 7.99. The second-order valence-electron chi connectivity index (χ2n) is 6.22. The Bertz CT molecular complexity index is 683. The molecule has 0 aliphatic carbocycles. The highest BCUT2D eigenvalue weighted by Crippen LogP contribution is 2.48. The summed E-state index contributed by atoms with van der Waals surface area (Å²) in [5.41, 5.74) is 1.26. The van der Waals surface area contributed by atoms with Crippen LogP contribution in [0.1, 0.15) is 23.7 Å². The zero-order chi connectivity index (χ0) is 15.6. The smallest absolute Gasteiger partial charge is 0.141 e. The summed E-state index contributed by atoms with van der Waals surface area (Å²) >= 11 is 1.89. The van der Waals surface area contributed by atoms with E-state index in [-0.39, 0.29) is 6.10 Å². The van der Waals surface area contributed by atoms with Gasteiger partial charge in [0.05, 0.1) is 16.2 Å². The lowest BCUT2D eigenvalue weighted by Crippen LogP contribution is -2.37. The lowest BCUT2D eigenvalue weighted by atomic mass is 10.1. The maximum absolute atomic E-state index is 9.71. The van der Waals surface area contributed by atoms with Gasteiger partial charge in [-0.25, -0.2) is 0 Å². The van der Waals surface area contributed by atoms with Crippen molar-refractivity contribution in [2.45, 2.75) is 29.1 Å². The Hall–Kier alpha value is -1.49. The predicted octanol–water partition coefficient (Wildman–Crippen LogP) is 4.08. The lowest BCUT2D eigenvalue weighted by Gasteiger charge is -2.32. The highest BCUT2D eigenvalue weighted by Gasteiger charge is 2.27. The molecule has 4 heteroatoms. The van der Waals surface area contributed by atoms with E-state index in [2.05, 4.69) is 35.2 Å². The minimum Gasteiger partial charge on any atom is -0.456 e. The largest absolute Gasteiger partial charge is 0.456 e. The van der Waals surface area contributed by atoms with Crippen LogP contribution in [0.25, 0.3) is 0 Å². The van der Waals surface area contributed by atoms with Crippen LogP contribution in [0.3, 0.4) is 0 Å². The van der Waals surface area contributed by atoms with E-state index < -0.39 is 0 Å². The van der Waals surface area contributed by atoms with Crippen LogP contribution in [-0.2, 0) is 0 Å². The summed E-state index contributed by atoms with van der Waals surface area (Å²) in [6.07, 6.45) is 1.64. The molecule has 2 aromatic rings. The van der Waals surface area contributed by atoms with Crippen LogP contribution in [0, 0.1) is 0 Å². The number of aliphatic hydroxyl groups excluding tert-OH is 1. The maximum atomic E-state index is 9.71. The van der Waals surface area contributed by atoms with Gasteiger partial charge in [0.2, 0.25) is 0 Å². The molecule has 0 saturated carbocycles. The number of piperidine rings is 1. The van der Waals surface area contributed by atoms with Gasteiger partial charge in [0.25, 0.3) is 0 Å². The molecular weight excluding hydrogens is 306 g/mol.